The van der Waals surface area contributed by atoms with Crippen LogP contribution in [0.4, 0.5) is 10.6 Å². The Labute approximate surface area is 303 Å². The zero-order valence-electron chi connectivity index (χ0n) is 31.3. The summed E-state index contributed by atoms with van der Waals surface area (Å²) in [6.07, 6.45) is 7.42. The highest BCUT2D eigenvalue weighted by Crippen LogP contribution is 2.37. The molecule has 3 N–H and O–H groups in total. The molecule has 0 spiro atoms. The topological polar surface area (TPSA) is 154 Å². The first kappa shape index (κ1) is 40.5. The summed E-state index contributed by atoms with van der Waals surface area (Å²) in [5, 5.41) is 33.1. The van der Waals surface area contributed by atoms with Gasteiger partial charge in [-0.2, -0.15) is 0 Å². The highest BCUT2D eigenvalue weighted by Gasteiger charge is 2.50. The number of hydrogen-bond donors (Lipinski definition) is 3. The lowest BCUT2D eigenvalue weighted by atomic mass is 9.88. The predicted octanol–water partition coefficient (Wildman–Crippen LogP) is 4.44. The van der Waals surface area contributed by atoms with Gasteiger partial charge in [-0.25, -0.2) is 9.78 Å². The zero-order chi connectivity index (χ0) is 37.3. The van der Waals surface area contributed by atoms with Crippen molar-refractivity contribution in [2.75, 3.05) is 38.2 Å². The summed E-state index contributed by atoms with van der Waals surface area (Å²) >= 11 is 0. The number of hydrogen-bond acceptors (Lipinski definition) is 11. The number of amides is 1. The van der Waals surface area contributed by atoms with E-state index in [4.69, 9.17) is 18.9 Å². The molecule has 0 aliphatic carbocycles. The van der Waals surface area contributed by atoms with Gasteiger partial charge in [0.15, 0.2) is 6.10 Å². The molecule has 1 aromatic heterocycles. The molecule has 1 aromatic rings. The van der Waals surface area contributed by atoms with Crippen molar-refractivity contribution in [1.29, 1.82) is 0 Å². The fourth-order valence-electron chi connectivity index (χ4n) is 6.98. The minimum Gasteiger partial charge on any atom is -0.457 e. The summed E-state index contributed by atoms with van der Waals surface area (Å²) in [6.45, 7) is 13.5. The van der Waals surface area contributed by atoms with E-state index in [9.17, 15) is 24.9 Å². The number of ether oxygens (including phenoxy) is 4. The molecular weight excluding hydrogens is 654 g/mol. The van der Waals surface area contributed by atoms with Crippen LogP contribution in [-0.2, 0) is 23.7 Å². The number of carbonyl (C=O) groups is 2. The van der Waals surface area contributed by atoms with E-state index >= 15 is 0 Å². The van der Waals surface area contributed by atoms with Crippen LogP contribution in [0.25, 0.3) is 0 Å². The van der Waals surface area contributed by atoms with Gasteiger partial charge in [0.1, 0.15) is 23.6 Å². The highest BCUT2D eigenvalue weighted by molar-refractivity contribution is 5.70. The Bertz CT molecular complexity index is 1360. The Morgan fingerprint density at radius 2 is 1.90 bits per heavy atom. The van der Waals surface area contributed by atoms with Crippen LogP contribution in [0.1, 0.15) is 67.2 Å². The number of epoxide rings is 1. The number of cyclic esters (lactones) is 1. The number of methoxy groups -OCH3 is 1. The van der Waals surface area contributed by atoms with Gasteiger partial charge in [-0.3, -0.25) is 4.79 Å². The predicted molar refractivity (Wildman–Crippen MR) is 194 cm³/mol. The van der Waals surface area contributed by atoms with Crippen LogP contribution >= 0.6 is 0 Å². The first-order valence-corrected chi connectivity index (χ1v) is 18.4. The third-order valence-electron chi connectivity index (χ3n) is 10.5. The van der Waals surface area contributed by atoms with Gasteiger partial charge in [-0.1, -0.05) is 58.1 Å². The van der Waals surface area contributed by atoms with E-state index in [-0.39, 0.29) is 55.3 Å². The van der Waals surface area contributed by atoms with E-state index in [1.807, 2.05) is 57.2 Å². The average molecular weight is 714 g/mol. The summed E-state index contributed by atoms with van der Waals surface area (Å²) in [5.41, 5.74) is -0.759. The van der Waals surface area contributed by atoms with Crippen LogP contribution in [0, 0.1) is 17.8 Å². The largest absolute Gasteiger partial charge is 0.457 e. The number of rotatable bonds is 11. The maximum atomic E-state index is 13.4. The normalized spacial score (nSPS) is 32.6. The van der Waals surface area contributed by atoms with Crippen molar-refractivity contribution in [3.8, 4) is 0 Å². The lowest BCUT2D eigenvalue weighted by Crippen LogP contribution is -2.51. The Morgan fingerprint density at radius 3 is 2.55 bits per heavy atom. The maximum absolute atomic E-state index is 13.4. The molecule has 3 aliphatic heterocycles. The van der Waals surface area contributed by atoms with E-state index in [0.717, 1.165) is 17.8 Å². The number of esters is 1. The second-order valence-electron chi connectivity index (χ2n) is 14.6. The van der Waals surface area contributed by atoms with Crippen LogP contribution in [0.3, 0.4) is 0 Å². The number of pyridine rings is 1. The monoisotopic (exact) mass is 713 g/mol. The maximum Gasteiger partial charge on any atom is 0.410 e. The van der Waals surface area contributed by atoms with Gasteiger partial charge in [-0.15, -0.1) is 0 Å². The van der Waals surface area contributed by atoms with Gasteiger partial charge in [0.05, 0.1) is 30.8 Å². The number of aliphatic hydroxyl groups excluding tert-OH is 2. The summed E-state index contributed by atoms with van der Waals surface area (Å²) in [4.78, 5) is 34.4. The molecule has 0 aromatic carbocycles. The first-order valence-electron chi connectivity index (χ1n) is 18.4. The Balaban J connectivity index is 1.43. The number of aliphatic hydroxyl groups is 3. The van der Waals surface area contributed by atoms with Gasteiger partial charge in [0.2, 0.25) is 0 Å². The molecule has 2 saturated heterocycles. The van der Waals surface area contributed by atoms with Crippen LogP contribution in [-0.4, -0.2) is 119 Å². The van der Waals surface area contributed by atoms with Gasteiger partial charge < -0.3 is 44.1 Å². The lowest BCUT2D eigenvalue weighted by molar-refractivity contribution is -0.151. The molecular formula is C39H59N3O9. The number of carbonyl (C=O) groups excluding carboxylic acids is 2. The molecule has 12 heteroatoms. The lowest BCUT2D eigenvalue weighted by Gasteiger charge is -2.37. The number of allylic oxidation sites excluding steroid dienone is 2. The van der Waals surface area contributed by atoms with E-state index in [1.54, 1.807) is 37.3 Å². The van der Waals surface area contributed by atoms with Gasteiger partial charge in [-0.05, 0) is 56.9 Å². The van der Waals surface area contributed by atoms with Gasteiger partial charge >= 0.3 is 12.1 Å². The second kappa shape index (κ2) is 18.5. The number of anilines is 1. The number of piperazine rings is 1. The summed E-state index contributed by atoms with van der Waals surface area (Å²) in [5.74, 6) is -0.0897. The van der Waals surface area contributed by atoms with E-state index < -0.39 is 42.1 Å². The van der Waals surface area contributed by atoms with Crippen molar-refractivity contribution < 1.29 is 43.9 Å². The molecule has 4 rings (SSSR count). The third kappa shape index (κ3) is 11.1. The Hall–Kier alpha value is -3.29. The van der Waals surface area contributed by atoms with Crippen LogP contribution in [0.5, 0.6) is 0 Å². The van der Waals surface area contributed by atoms with Crippen LogP contribution in [0.15, 0.2) is 60.3 Å². The quantitative estimate of drug-likeness (QED) is 0.129. The van der Waals surface area contributed by atoms with Gasteiger partial charge in [0, 0.05) is 57.2 Å². The minimum atomic E-state index is -1.51. The fraction of sp³-hybridized carbons (Fsp3) is 0.667. The molecule has 11 unspecified atom stereocenters. The number of aromatic nitrogens is 1. The molecule has 51 heavy (non-hydrogen) atoms. The molecule has 12 nitrogen and oxygen atoms in total. The molecule has 284 valence electrons. The molecule has 4 heterocycles. The summed E-state index contributed by atoms with van der Waals surface area (Å²) < 4.78 is 23.2. The molecule has 0 saturated carbocycles. The van der Waals surface area contributed by atoms with Crippen molar-refractivity contribution >= 4 is 17.9 Å². The van der Waals surface area contributed by atoms with Crippen LogP contribution < -0.4 is 4.90 Å². The molecule has 2 fully saturated rings. The molecule has 0 radical (unpaired) electrons. The molecule has 11 atom stereocenters. The van der Waals surface area contributed by atoms with Gasteiger partial charge in [0.25, 0.3) is 0 Å². The highest BCUT2D eigenvalue weighted by atomic mass is 16.6. The number of nitrogens with zero attached hydrogens (tertiary/aromatic N) is 3. The average Bonchev–Trinajstić information content (AvgIpc) is 3.92. The van der Waals surface area contributed by atoms with Crippen molar-refractivity contribution in [3.05, 3.63) is 60.3 Å². The Morgan fingerprint density at radius 1 is 1.18 bits per heavy atom. The SMILES string of the molecule is CCC(OC)C(C)C1OC1C(O)C(C)/C=C/C=C(\C)C1OC(=O)CC(O)CCC(C)(O)C(OC(=O)N2CCN(c3ccccn3)CC2)/C=C/C1C. The second-order valence-corrected chi connectivity index (χ2v) is 14.6. The van der Waals surface area contributed by atoms with E-state index in [2.05, 4.69) is 23.7 Å². The van der Waals surface area contributed by atoms with Crippen molar-refractivity contribution in [3.63, 3.8) is 0 Å². The first-order chi connectivity index (χ1) is 24.2. The van der Waals surface area contributed by atoms with Crippen molar-refractivity contribution in [2.24, 2.45) is 17.8 Å². The van der Waals surface area contributed by atoms with Crippen LogP contribution in [0.2, 0.25) is 0 Å². The van der Waals surface area contributed by atoms with Crippen molar-refractivity contribution in [1.82, 2.24) is 9.88 Å². The molecule has 1 amide bonds. The smallest absolute Gasteiger partial charge is 0.410 e. The van der Waals surface area contributed by atoms with E-state index in [1.165, 1.54) is 0 Å². The minimum absolute atomic E-state index is 0.0528. The van der Waals surface area contributed by atoms with Crippen molar-refractivity contribution in [2.45, 2.75) is 116 Å². The third-order valence-corrected chi connectivity index (χ3v) is 10.5. The summed E-state index contributed by atoms with van der Waals surface area (Å²) in [6, 6.07) is 5.73. The standard InChI is InChI=1S/C39H59N3O9/c1-8-30(48-7)28(5)36-37(51-36)34(45)25(2)12-11-13-26(3)35-27(4)15-16-31(39(6,47)18-17-29(43)24-33(44)50-35)49-38(46)42-22-20-41(21-23-42)32-14-9-10-19-40-32/h9-16,19,25,27-31,34-37,43,45,47H,8,17-18,20-24H2,1-7H3/b12-11+,16-15+,26-13+. The molecule has 0 bridgehead atoms. The Kier molecular flexibility index (Phi) is 14.7. The zero-order valence-corrected chi connectivity index (χ0v) is 31.3. The molecule has 3 aliphatic rings. The fourth-order valence-corrected chi connectivity index (χ4v) is 6.98. The van der Waals surface area contributed by atoms with E-state index in [0.29, 0.717) is 26.2 Å². The summed E-state index contributed by atoms with van der Waals surface area (Å²) in [7, 11) is 1.70.